The maximum atomic E-state index is 12.0. The molecule has 0 bridgehead atoms. The van der Waals surface area contributed by atoms with Crippen LogP contribution in [0.4, 0.5) is 5.69 Å². The predicted octanol–water partition coefficient (Wildman–Crippen LogP) is 1.28. The predicted molar refractivity (Wildman–Crippen MR) is 66.4 cm³/mol. The fourth-order valence-electron chi connectivity index (χ4n) is 2.14. The Morgan fingerprint density at radius 3 is 2.53 bits per heavy atom. The molecule has 1 fully saturated rings. The van der Waals surface area contributed by atoms with Crippen LogP contribution in [0.15, 0.2) is 12.1 Å². The average Bonchev–Trinajstić information content (AvgIpc) is 2.84. The number of carbonyl (C=O) groups is 1. The molecule has 0 saturated carbocycles. The number of rotatable bonds is 4. The molecule has 1 aromatic rings. The van der Waals surface area contributed by atoms with E-state index in [0.717, 1.165) is 38.1 Å². The number of hydrogen-bond donors (Lipinski definition) is 2. The Hall–Kier alpha value is -2.15. The zero-order chi connectivity index (χ0) is 14.0. The van der Waals surface area contributed by atoms with Gasteiger partial charge in [-0.2, -0.15) is 0 Å². The monoisotopic (exact) mass is 266 g/mol. The van der Waals surface area contributed by atoms with E-state index < -0.39 is 22.1 Å². The van der Waals surface area contributed by atoms with E-state index in [4.69, 9.17) is 0 Å². The summed E-state index contributed by atoms with van der Waals surface area (Å²) in [6, 6.07) is 2.05. The first kappa shape index (κ1) is 13.3. The summed E-state index contributed by atoms with van der Waals surface area (Å²) in [7, 11) is 0. The second kappa shape index (κ2) is 5.23. The SMILES string of the molecule is O=C(CN1CCCC1)c1cc(O)c(O)c([N+](=O)[O-])c1. The third kappa shape index (κ3) is 2.82. The maximum absolute atomic E-state index is 12.0. The van der Waals surface area contributed by atoms with E-state index in [2.05, 4.69) is 0 Å². The lowest BCUT2D eigenvalue weighted by Crippen LogP contribution is -2.26. The third-order valence-electron chi connectivity index (χ3n) is 3.15. The van der Waals surface area contributed by atoms with Gasteiger partial charge in [0.05, 0.1) is 11.5 Å². The highest BCUT2D eigenvalue weighted by atomic mass is 16.6. The summed E-state index contributed by atoms with van der Waals surface area (Å²) in [4.78, 5) is 23.8. The minimum Gasteiger partial charge on any atom is -0.504 e. The number of hydrogen-bond acceptors (Lipinski definition) is 6. The van der Waals surface area contributed by atoms with Crippen molar-refractivity contribution >= 4 is 11.5 Å². The van der Waals surface area contributed by atoms with Crippen molar-refractivity contribution in [1.29, 1.82) is 0 Å². The molecule has 1 aliphatic heterocycles. The molecule has 2 N–H and O–H groups in total. The lowest BCUT2D eigenvalue weighted by Gasteiger charge is -2.13. The van der Waals surface area contributed by atoms with Crippen LogP contribution in [0.3, 0.4) is 0 Å². The van der Waals surface area contributed by atoms with Crippen LogP contribution < -0.4 is 0 Å². The molecule has 1 aromatic carbocycles. The second-order valence-electron chi connectivity index (χ2n) is 4.53. The van der Waals surface area contributed by atoms with Crippen molar-refractivity contribution in [3.63, 3.8) is 0 Å². The molecule has 1 saturated heterocycles. The molecule has 19 heavy (non-hydrogen) atoms. The number of nitro benzene ring substituents is 1. The first-order valence-corrected chi connectivity index (χ1v) is 5.95. The molecule has 0 aromatic heterocycles. The van der Waals surface area contributed by atoms with Crippen molar-refractivity contribution in [1.82, 2.24) is 4.90 Å². The Morgan fingerprint density at radius 2 is 1.95 bits per heavy atom. The van der Waals surface area contributed by atoms with Gasteiger partial charge in [0.1, 0.15) is 0 Å². The van der Waals surface area contributed by atoms with Crippen molar-refractivity contribution in [2.75, 3.05) is 19.6 Å². The molecule has 7 heteroatoms. The number of phenolic OH excluding ortho intramolecular Hbond substituents is 2. The largest absolute Gasteiger partial charge is 0.504 e. The molecular formula is C12H14N2O5. The summed E-state index contributed by atoms with van der Waals surface area (Å²) >= 11 is 0. The van der Waals surface area contributed by atoms with Gasteiger partial charge in [-0.3, -0.25) is 19.8 Å². The highest BCUT2D eigenvalue weighted by Crippen LogP contribution is 2.36. The summed E-state index contributed by atoms with van der Waals surface area (Å²) < 4.78 is 0. The van der Waals surface area contributed by atoms with Gasteiger partial charge in [0.25, 0.3) is 0 Å². The summed E-state index contributed by atoms with van der Waals surface area (Å²) in [5.74, 6) is -1.78. The molecule has 0 aliphatic carbocycles. The van der Waals surface area contributed by atoms with Gasteiger partial charge in [-0.05, 0) is 32.0 Å². The van der Waals surface area contributed by atoms with Crippen molar-refractivity contribution in [3.8, 4) is 11.5 Å². The second-order valence-corrected chi connectivity index (χ2v) is 4.53. The van der Waals surface area contributed by atoms with Gasteiger partial charge in [0.15, 0.2) is 11.5 Å². The van der Waals surface area contributed by atoms with Crippen molar-refractivity contribution in [3.05, 3.63) is 27.8 Å². The van der Waals surface area contributed by atoms with Crippen molar-refractivity contribution < 1.29 is 19.9 Å². The Labute approximate surface area is 109 Å². The normalized spacial score (nSPS) is 15.6. The zero-order valence-corrected chi connectivity index (χ0v) is 10.2. The van der Waals surface area contributed by atoms with E-state index in [-0.39, 0.29) is 17.9 Å². The Kier molecular flexibility index (Phi) is 3.66. The van der Waals surface area contributed by atoms with Crippen molar-refractivity contribution in [2.45, 2.75) is 12.8 Å². The van der Waals surface area contributed by atoms with E-state index in [1.54, 1.807) is 0 Å². The van der Waals surface area contributed by atoms with Gasteiger partial charge in [0.2, 0.25) is 5.75 Å². The fourth-order valence-corrected chi connectivity index (χ4v) is 2.14. The van der Waals surface area contributed by atoms with Crippen LogP contribution in [-0.2, 0) is 0 Å². The molecule has 0 unspecified atom stereocenters. The molecular weight excluding hydrogens is 252 g/mol. The molecule has 2 rings (SSSR count). The standard InChI is InChI=1S/C12H14N2O5/c15-10-6-8(5-9(12(10)17)14(18)19)11(16)7-13-3-1-2-4-13/h5-6,15,17H,1-4,7H2. The van der Waals surface area contributed by atoms with Gasteiger partial charge in [0, 0.05) is 11.6 Å². The van der Waals surface area contributed by atoms with Gasteiger partial charge in [-0.15, -0.1) is 0 Å². The number of nitro groups is 1. The topological polar surface area (TPSA) is 104 Å². The smallest absolute Gasteiger partial charge is 0.315 e. The highest BCUT2D eigenvalue weighted by Gasteiger charge is 2.23. The van der Waals surface area contributed by atoms with Gasteiger partial charge in [-0.1, -0.05) is 0 Å². The number of likely N-dealkylation sites (tertiary alicyclic amines) is 1. The van der Waals surface area contributed by atoms with Crippen LogP contribution in [0, 0.1) is 10.1 Å². The van der Waals surface area contributed by atoms with Crippen LogP contribution in [-0.4, -0.2) is 45.5 Å². The first-order valence-electron chi connectivity index (χ1n) is 5.95. The number of nitrogens with zero attached hydrogens (tertiary/aromatic N) is 2. The summed E-state index contributed by atoms with van der Waals surface area (Å²) in [5.41, 5.74) is -0.626. The van der Waals surface area contributed by atoms with E-state index in [0.29, 0.717) is 0 Å². The molecule has 0 amide bonds. The summed E-state index contributed by atoms with van der Waals surface area (Å²) in [6.45, 7) is 1.83. The van der Waals surface area contributed by atoms with Crippen LogP contribution in [0.5, 0.6) is 11.5 Å². The molecule has 7 nitrogen and oxygen atoms in total. The van der Waals surface area contributed by atoms with Crippen molar-refractivity contribution in [2.24, 2.45) is 0 Å². The first-order chi connectivity index (χ1) is 8.99. The average molecular weight is 266 g/mol. The Bertz CT molecular complexity index is 523. The zero-order valence-electron chi connectivity index (χ0n) is 10.2. The lowest BCUT2D eigenvalue weighted by molar-refractivity contribution is -0.386. The lowest BCUT2D eigenvalue weighted by atomic mass is 10.1. The highest BCUT2D eigenvalue weighted by molar-refractivity contribution is 5.99. The van der Waals surface area contributed by atoms with E-state index in [1.165, 1.54) is 0 Å². The summed E-state index contributed by atoms with van der Waals surface area (Å²) in [5, 5.41) is 29.5. The van der Waals surface area contributed by atoms with E-state index in [1.807, 2.05) is 4.90 Å². The van der Waals surface area contributed by atoms with Gasteiger partial charge >= 0.3 is 5.69 Å². The Morgan fingerprint density at radius 1 is 1.32 bits per heavy atom. The van der Waals surface area contributed by atoms with Crippen LogP contribution >= 0.6 is 0 Å². The number of aromatic hydroxyl groups is 2. The molecule has 0 spiro atoms. The minimum absolute atomic E-state index is 0.0360. The molecule has 1 aliphatic rings. The number of carbonyl (C=O) groups excluding carboxylic acids is 1. The maximum Gasteiger partial charge on any atom is 0.315 e. The van der Waals surface area contributed by atoms with Gasteiger partial charge in [-0.25, -0.2) is 0 Å². The van der Waals surface area contributed by atoms with E-state index in [9.17, 15) is 25.1 Å². The quantitative estimate of drug-likeness (QED) is 0.368. The van der Waals surface area contributed by atoms with Crippen LogP contribution in [0.2, 0.25) is 0 Å². The molecule has 1 heterocycles. The Balaban J connectivity index is 2.24. The van der Waals surface area contributed by atoms with Crippen LogP contribution in [0.1, 0.15) is 23.2 Å². The molecule has 0 atom stereocenters. The number of benzene rings is 1. The number of phenols is 2. The minimum atomic E-state index is -0.832. The molecule has 0 radical (unpaired) electrons. The van der Waals surface area contributed by atoms with Gasteiger partial charge < -0.3 is 10.2 Å². The summed E-state index contributed by atoms with van der Waals surface area (Å²) in [6.07, 6.45) is 2.07. The molecule has 102 valence electrons. The van der Waals surface area contributed by atoms with Crippen LogP contribution in [0.25, 0.3) is 0 Å². The number of ketones is 1. The van der Waals surface area contributed by atoms with E-state index >= 15 is 0 Å². The third-order valence-corrected chi connectivity index (χ3v) is 3.15. The fraction of sp³-hybridized carbons (Fsp3) is 0.417. The number of Topliss-reactive ketones (excluding diaryl/α,β-unsaturated/α-hetero) is 1.